The first kappa shape index (κ1) is 15.9. The van der Waals surface area contributed by atoms with Crippen LogP contribution in [0.5, 0.6) is 0 Å². The van der Waals surface area contributed by atoms with Gasteiger partial charge in [-0.1, -0.05) is 23.8 Å². The summed E-state index contributed by atoms with van der Waals surface area (Å²) < 4.78 is 0. The normalized spacial score (nSPS) is 18.1. The molecule has 0 saturated carbocycles. The van der Waals surface area contributed by atoms with Crippen LogP contribution in [0.2, 0.25) is 0 Å². The van der Waals surface area contributed by atoms with E-state index in [-0.39, 0.29) is 6.03 Å². The number of aryl methyl sites for hydroxylation is 2. The molecule has 0 bridgehead atoms. The Bertz CT molecular complexity index is 494. The van der Waals surface area contributed by atoms with Gasteiger partial charge in [0.25, 0.3) is 0 Å². The van der Waals surface area contributed by atoms with E-state index in [2.05, 4.69) is 50.8 Å². The molecule has 1 aliphatic rings. The Morgan fingerprint density at radius 3 is 2.67 bits per heavy atom. The summed E-state index contributed by atoms with van der Waals surface area (Å²) in [6.45, 7) is 10.9. The zero-order chi connectivity index (χ0) is 15.4. The van der Waals surface area contributed by atoms with Gasteiger partial charge >= 0.3 is 6.03 Å². The lowest BCUT2D eigenvalue weighted by molar-refractivity contribution is 0.152. The van der Waals surface area contributed by atoms with Gasteiger partial charge in [0.15, 0.2) is 0 Å². The molecule has 3 heteroatoms. The molecule has 116 valence electrons. The van der Waals surface area contributed by atoms with Gasteiger partial charge in [0, 0.05) is 25.7 Å². The summed E-state index contributed by atoms with van der Waals surface area (Å²) in [4.78, 5) is 16.6. The van der Waals surface area contributed by atoms with Crippen LogP contribution in [0.1, 0.15) is 43.4 Å². The number of amides is 2. The Morgan fingerprint density at radius 1 is 1.29 bits per heavy atom. The number of urea groups is 1. The van der Waals surface area contributed by atoms with Crippen molar-refractivity contribution in [3.63, 3.8) is 0 Å². The zero-order valence-electron chi connectivity index (χ0n) is 13.9. The second kappa shape index (κ2) is 6.97. The van der Waals surface area contributed by atoms with Gasteiger partial charge in [-0.25, -0.2) is 4.79 Å². The van der Waals surface area contributed by atoms with Gasteiger partial charge in [-0.15, -0.1) is 0 Å². The molecule has 0 N–H and O–H groups in total. The topological polar surface area (TPSA) is 23.6 Å². The molecule has 1 fully saturated rings. The van der Waals surface area contributed by atoms with Crippen molar-refractivity contribution in [2.45, 2.75) is 53.0 Å². The standard InChI is InChI=1S/C18H28N2O/c1-5-19(6-2)18(21)20-11-7-8-17(20)13-16-12-14(3)9-10-15(16)4/h9-10,12,17H,5-8,11,13H2,1-4H3. The number of nitrogens with zero attached hydrogens (tertiary/aromatic N) is 2. The van der Waals surface area contributed by atoms with Crippen LogP contribution < -0.4 is 0 Å². The maximum Gasteiger partial charge on any atom is 0.320 e. The van der Waals surface area contributed by atoms with Crippen molar-refractivity contribution in [3.05, 3.63) is 34.9 Å². The minimum Gasteiger partial charge on any atom is -0.325 e. The number of likely N-dealkylation sites (tertiary alicyclic amines) is 1. The maximum absolute atomic E-state index is 12.6. The van der Waals surface area contributed by atoms with Crippen LogP contribution >= 0.6 is 0 Å². The van der Waals surface area contributed by atoms with Crippen molar-refractivity contribution < 1.29 is 4.79 Å². The molecule has 1 atom stereocenters. The Kier molecular flexibility index (Phi) is 5.27. The Hall–Kier alpha value is -1.51. The van der Waals surface area contributed by atoms with Crippen LogP contribution in [0.3, 0.4) is 0 Å². The van der Waals surface area contributed by atoms with Crippen LogP contribution in [0.15, 0.2) is 18.2 Å². The molecule has 3 nitrogen and oxygen atoms in total. The van der Waals surface area contributed by atoms with Crippen LogP contribution in [0, 0.1) is 13.8 Å². The van der Waals surface area contributed by atoms with E-state index in [9.17, 15) is 4.79 Å². The molecule has 1 aromatic carbocycles. The molecular formula is C18H28N2O. The smallest absolute Gasteiger partial charge is 0.320 e. The third-order valence-electron chi connectivity index (χ3n) is 4.62. The molecule has 1 aliphatic heterocycles. The number of hydrogen-bond donors (Lipinski definition) is 0. The average Bonchev–Trinajstić information content (AvgIpc) is 2.92. The molecule has 0 radical (unpaired) electrons. The van der Waals surface area contributed by atoms with Gasteiger partial charge in [0.2, 0.25) is 0 Å². The van der Waals surface area contributed by atoms with E-state index in [0.29, 0.717) is 6.04 Å². The van der Waals surface area contributed by atoms with Crippen LogP contribution in [0.25, 0.3) is 0 Å². The van der Waals surface area contributed by atoms with Crippen LogP contribution in [0.4, 0.5) is 4.79 Å². The highest BCUT2D eigenvalue weighted by atomic mass is 16.2. The minimum atomic E-state index is 0.216. The quantitative estimate of drug-likeness (QED) is 0.827. The third kappa shape index (κ3) is 3.58. The van der Waals surface area contributed by atoms with Crippen LogP contribution in [-0.2, 0) is 6.42 Å². The average molecular weight is 288 g/mol. The van der Waals surface area contributed by atoms with Crippen molar-refractivity contribution in [3.8, 4) is 0 Å². The number of benzene rings is 1. The molecule has 0 aliphatic carbocycles. The summed E-state index contributed by atoms with van der Waals surface area (Å²) in [5.41, 5.74) is 4.03. The zero-order valence-corrected chi connectivity index (χ0v) is 13.9. The summed E-state index contributed by atoms with van der Waals surface area (Å²) >= 11 is 0. The first-order chi connectivity index (χ1) is 10.1. The van der Waals surface area contributed by atoms with Crippen LogP contribution in [-0.4, -0.2) is 41.5 Å². The molecule has 0 spiro atoms. The Morgan fingerprint density at radius 2 is 2.00 bits per heavy atom. The lowest BCUT2D eigenvalue weighted by Crippen LogP contribution is -2.46. The molecule has 1 saturated heterocycles. The Balaban J connectivity index is 2.12. The lowest BCUT2D eigenvalue weighted by Gasteiger charge is -2.31. The van der Waals surface area contributed by atoms with E-state index in [0.717, 1.165) is 38.9 Å². The summed E-state index contributed by atoms with van der Waals surface area (Å²) in [6, 6.07) is 7.20. The highest BCUT2D eigenvalue weighted by molar-refractivity contribution is 5.75. The van der Waals surface area contributed by atoms with E-state index in [1.165, 1.54) is 16.7 Å². The Labute approximate surface area is 128 Å². The first-order valence-electron chi connectivity index (χ1n) is 8.18. The van der Waals surface area contributed by atoms with Gasteiger partial charge in [-0.2, -0.15) is 0 Å². The third-order valence-corrected chi connectivity index (χ3v) is 4.62. The van der Waals surface area contributed by atoms with Gasteiger partial charge in [0.1, 0.15) is 0 Å². The first-order valence-corrected chi connectivity index (χ1v) is 8.18. The number of carbonyl (C=O) groups excluding carboxylic acids is 1. The van der Waals surface area contributed by atoms with Gasteiger partial charge in [0.05, 0.1) is 0 Å². The van der Waals surface area contributed by atoms with E-state index in [1.54, 1.807) is 0 Å². The molecule has 2 rings (SSSR count). The van der Waals surface area contributed by atoms with Crippen molar-refractivity contribution in [1.82, 2.24) is 9.80 Å². The fourth-order valence-electron chi connectivity index (χ4n) is 3.25. The molecular weight excluding hydrogens is 260 g/mol. The molecule has 1 unspecified atom stereocenters. The van der Waals surface area contributed by atoms with Gasteiger partial charge in [-0.05, 0) is 58.1 Å². The van der Waals surface area contributed by atoms with Crippen molar-refractivity contribution in [1.29, 1.82) is 0 Å². The van der Waals surface area contributed by atoms with E-state index in [1.807, 2.05) is 4.90 Å². The second-order valence-electron chi connectivity index (χ2n) is 6.08. The number of rotatable bonds is 4. The second-order valence-corrected chi connectivity index (χ2v) is 6.08. The van der Waals surface area contributed by atoms with E-state index >= 15 is 0 Å². The van der Waals surface area contributed by atoms with Crippen molar-refractivity contribution >= 4 is 6.03 Å². The monoisotopic (exact) mass is 288 g/mol. The largest absolute Gasteiger partial charge is 0.325 e. The summed E-state index contributed by atoms with van der Waals surface area (Å²) in [6.07, 6.45) is 3.24. The van der Waals surface area contributed by atoms with E-state index < -0.39 is 0 Å². The highest BCUT2D eigenvalue weighted by Crippen LogP contribution is 2.24. The predicted molar refractivity (Wildman–Crippen MR) is 87.7 cm³/mol. The molecule has 2 amide bonds. The van der Waals surface area contributed by atoms with E-state index in [4.69, 9.17) is 0 Å². The highest BCUT2D eigenvalue weighted by Gasteiger charge is 2.31. The lowest BCUT2D eigenvalue weighted by atomic mass is 9.98. The summed E-state index contributed by atoms with van der Waals surface area (Å²) in [5, 5.41) is 0. The summed E-state index contributed by atoms with van der Waals surface area (Å²) in [7, 11) is 0. The fraction of sp³-hybridized carbons (Fsp3) is 0.611. The molecule has 1 heterocycles. The maximum atomic E-state index is 12.6. The van der Waals surface area contributed by atoms with Gasteiger partial charge < -0.3 is 9.80 Å². The fourth-order valence-corrected chi connectivity index (χ4v) is 3.25. The molecule has 0 aromatic heterocycles. The van der Waals surface area contributed by atoms with Gasteiger partial charge in [-0.3, -0.25) is 0 Å². The summed E-state index contributed by atoms with van der Waals surface area (Å²) in [5.74, 6) is 0. The number of hydrogen-bond acceptors (Lipinski definition) is 1. The van der Waals surface area contributed by atoms with Crippen molar-refractivity contribution in [2.75, 3.05) is 19.6 Å². The predicted octanol–water partition coefficient (Wildman–Crippen LogP) is 3.77. The van der Waals surface area contributed by atoms with Crippen molar-refractivity contribution in [2.24, 2.45) is 0 Å². The molecule has 21 heavy (non-hydrogen) atoms. The number of carbonyl (C=O) groups is 1. The minimum absolute atomic E-state index is 0.216. The molecule has 1 aromatic rings. The SMILES string of the molecule is CCN(CC)C(=O)N1CCCC1Cc1cc(C)ccc1C.